The predicted octanol–water partition coefficient (Wildman–Crippen LogP) is 1.64. The third-order valence-corrected chi connectivity index (χ3v) is 3.91. The Morgan fingerprint density at radius 1 is 1.04 bits per heavy atom. The Bertz CT molecular complexity index is 927. The molecule has 3 aromatic rings. The molecular formula is C18H17N3O4. The number of nitrogens with zero attached hydrogens (tertiary/aromatic N) is 1. The van der Waals surface area contributed by atoms with Crippen molar-refractivity contribution >= 4 is 5.91 Å². The molecule has 3 rings (SSSR count). The van der Waals surface area contributed by atoms with Crippen LogP contribution >= 0.6 is 0 Å². The van der Waals surface area contributed by atoms with Gasteiger partial charge in [0, 0.05) is 12.0 Å². The fraction of sp³-hybridized carbons (Fsp3) is 0.111. The molecule has 1 amide bonds. The van der Waals surface area contributed by atoms with Gasteiger partial charge in [-0.3, -0.25) is 14.6 Å². The van der Waals surface area contributed by atoms with Crippen LogP contribution in [0.15, 0.2) is 59.4 Å². The number of hydroxylamine groups is 1. The number of hydrogen-bond donors (Lipinski definition) is 4. The van der Waals surface area contributed by atoms with Crippen molar-refractivity contribution in [1.29, 1.82) is 0 Å². The third kappa shape index (κ3) is 3.61. The van der Waals surface area contributed by atoms with Crippen molar-refractivity contribution in [3.63, 3.8) is 0 Å². The standard InChI is InChI=1S/C18H17N3O4/c22-16(20-25)14-8-6-13(7-9-14)11-21-17(23)15(19-18(21)24)10-12-4-2-1-3-5-12/h1-9,23,25H,10-11H2,(H,19,24)(H,20,22). The molecule has 0 unspecified atom stereocenters. The smallest absolute Gasteiger partial charge is 0.328 e. The summed E-state index contributed by atoms with van der Waals surface area (Å²) in [4.78, 5) is 26.1. The van der Waals surface area contributed by atoms with E-state index >= 15 is 0 Å². The minimum absolute atomic E-state index is 0.106. The van der Waals surface area contributed by atoms with E-state index < -0.39 is 11.6 Å². The highest BCUT2D eigenvalue weighted by atomic mass is 16.5. The number of aromatic nitrogens is 2. The molecule has 2 aromatic carbocycles. The summed E-state index contributed by atoms with van der Waals surface area (Å²) in [5.41, 5.74) is 3.61. The molecule has 7 heteroatoms. The lowest BCUT2D eigenvalue weighted by Gasteiger charge is -2.06. The average Bonchev–Trinajstić information content (AvgIpc) is 2.90. The number of imidazole rings is 1. The van der Waals surface area contributed by atoms with E-state index in [4.69, 9.17) is 5.21 Å². The zero-order chi connectivity index (χ0) is 17.8. The van der Waals surface area contributed by atoms with Gasteiger partial charge < -0.3 is 10.1 Å². The molecule has 0 atom stereocenters. The largest absolute Gasteiger partial charge is 0.493 e. The van der Waals surface area contributed by atoms with E-state index in [1.165, 1.54) is 16.7 Å². The first-order valence-corrected chi connectivity index (χ1v) is 7.66. The number of nitrogens with one attached hydrogen (secondary N) is 2. The maximum Gasteiger partial charge on any atom is 0.328 e. The number of amides is 1. The number of H-pyrrole nitrogens is 1. The van der Waals surface area contributed by atoms with Crippen LogP contribution in [0.4, 0.5) is 0 Å². The van der Waals surface area contributed by atoms with Gasteiger partial charge in [0.15, 0.2) is 0 Å². The van der Waals surface area contributed by atoms with Gasteiger partial charge in [-0.05, 0) is 23.3 Å². The lowest BCUT2D eigenvalue weighted by molar-refractivity contribution is 0.0706. The predicted molar refractivity (Wildman–Crippen MR) is 90.8 cm³/mol. The number of carbonyl (C=O) groups excluding carboxylic acids is 1. The summed E-state index contributed by atoms with van der Waals surface area (Å²) in [6, 6.07) is 15.9. The molecule has 0 saturated heterocycles. The van der Waals surface area contributed by atoms with Crippen molar-refractivity contribution in [2.75, 3.05) is 0 Å². The van der Waals surface area contributed by atoms with E-state index in [0.717, 1.165) is 11.1 Å². The molecule has 0 saturated carbocycles. The fourth-order valence-corrected chi connectivity index (χ4v) is 2.59. The molecule has 4 N–H and O–H groups in total. The lowest BCUT2D eigenvalue weighted by atomic mass is 10.1. The Morgan fingerprint density at radius 3 is 2.36 bits per heavy atom. The van der Waals surface area contributed by atoms with Crippen LogP contribution in [-0.2, 0) is 13.0 Å². The second kappa shape index (κ2) is 7.06. The molecule has 0 fully saturated rings. The normalized spacial score (nSPS) is 10.6. The van der Waals surface area contributed by atoms with Crippen LogP contribution in [0, 0.1) is 0 Å². The fourth-order valence-electron chi connectivity index (χ4n) is 2.59. The van der Waals surface area contributed by atoms with Crippen LogP contribution in [-0.4, -0.2) is 25.8 Å². The molecular weight excluding hydrogens is 322 g/mol. The lowest BCUT2D eigenvalue weighted by Crippen LogP contribution is -2.19. The van der Waals surface area contributed by atoms with Gasteiger partial charge in [-0.1, -0.05) is 42.5 Å². The quantitative estimate of drug-likeness (QED) is 0.419. The Kier molecular flexibility index (Phi) is 4.67. The third-order valence-electron chi connectivity index (χ3n) is 3.91. The minimum Gasteiger partial charge on any atom is -0.493 e. The Labute approximate surface area is 143 Å². The van der Waals surface area contributed by atoms with Crippen LogP contribution in [0.1, 0.15) is 27.2 Å². The first-order valence-electron chi connectivity index (χ1n) is 7.66. The average molecular weight is 339 g/mol. The molecule has 0 aliphatic heterocycles. The van der Waals surface area contributed by atoms with Crippen molar-refractivity contribution in [3.05, 3.63) is 87.5 Å². The first kappa shape index (κ1) is 16.5. The molecule has 0 bridgehead atoms. The van der Waals surface area contributed by atoms with Gasteiger partial charge in [0.25, 0.3) is 5.91 Å². The van der Waals surface area contributed by atoms with E-state index in [0.29, 0.717) is 17.7 Å². The summed E-state index contributed by atoms with van der Waals surface area (Å²) in [7, 11) is 0. The number of hydrogen-bond acceptors (Lipinski definition) is 4. The van der Waals surface area contributed by atoms with Crippen LogP contribution in [0.3, 0.4) is 0 Å². The molecule has 1 heterocycles. The molecule has 0 aliphatic rings. The maximum absolute atomic E-state index is 12.1. The number of aromatic amines is 1. The zero-order valence-corrected chi connectivity index (χ0v) is 13.3. The van der Waals surface area contributed by atoms with E-state index in [1.54, 1.807) is 17.6 Å². The second-order valence-corrected chi connectivity index (χ2v) is 5.62. The molecule has 7 nitrogen and oxygen atoms in total. The number of aromatic hydroxyl groups is 1. The molecule has 1 aromatic heterocycles. The van der Waals surface area contributed by atoms with Gasteiger partial charge in [-0.25, -0.2) is 10.3 Å². The van der Waals surface area contributed by atoms with Crippen molar-refractivity contribution in [2.45, 2.75) is 13.0 Å². The number of benzene rings is 2. The van der Waals surface area contributed by atoms with Crippen molar-refractivity contribution in [1.82, 2.24) is 15.0 Å². The molecule has 25 heavy (non-hydrogen) atoms. The molecule has 0 aliphatic carbocycles. The summed E-state index contributed by atoms with van der Waals surface area (Å²) < 4.78 is 1.24. The second-order valence-electron chi connectivity index (χ2n) is 5.62. The Morgan fingerprint density at radius 2 is 1.72 bits per heavy atom. The van der Waals surface area contributed by atoms with E-state index in [9.17, 15) is 14.7 Å². The SMILES string of the molecule is O=C(NO)c1ccc(Cn2c(O)c(Cc3ccccc3)[nH]c2=O)cc1. The Balaban J connectivity index is 1.81. The first-order chi connectivity index (χ1) is 12.1. The number of carbonyl (C=O) groups is 1. The highest BCUT2D eigenvalue weighted by molar-refractivity contribution is 5.93. The highest BCUT2D eigenvalue weighted by Gasteiger charge is 2.14. The van der Waals surface area contributed by atoms with Gasteiger partial charge in [0.05, 0.1) is 12.2 Å². The minimum atomic E-state index is -0.613. The molecule has 0 spiro atoms. The Hall–Kier alpha value is -3.32. The monoisotopic (exact) mass is 339 g/mol. The van der Waals surface area contributed by atoms with Gasteiger partial charge >= 0.3 is 5.69 Å². The molecule has 128 valence electrons. The summed E-state index contributed by atoms with van der Waals surface area (Å²) in [5, 5.41) is 19.0. The summed E-state index contributed by atoms with van der Waals surface area (Å²) in [6.07, 6.45) is 0.421. The van der Waals surface area contributed by atoms with Gasteiger partial charge in [0.2, 0.25) is 5.88 Å². The van der Waals surface area contributed by atoms with Gasteiger partial charge in [0.1, 0.15) is 0 Å². The van der Waals surface area contributed by atoms with E-state index in [-0.39, 0.29) is 12.4 Å². The van der Waals surface area contributed by atoms with Crippen molar-refractivity contribution < 1.29 is 15.1 Å². The summed E-state index contributed by atoms with van der Waals surface area (Å²) in [5.74, 6) is -0.718. The van der Waals surface area contributed by atoms with Gasteiger partial charge in [-0.2, -0.15) is 0 Å². The van der Waals surface area contributed by atoms with E-state index in [2.05, 4.69) is 4.98 Å². The zero-order valence-electron chi connectivity index (χ0n) is 13.3. The van der Waals surface area contributed by atoms with E-state index in [1.807, 2.05) is 30.3 Å². The maximum atomic E-state index is 12.1. The van der Waals surface area contributed by atoms with Crippen molar-refractivity contribution in [3.8, 4) is 5.88 Å². The van der Waals surface area contributed by atoms with Crippen LogP contribution in [0.25, 0.3) is 0 Å². The van der Waals surface area contributed by atoms with Crippen LogP contribution in [0.5, 0.6) is 5.88 Å². The van der Waals surface area contributed by atoms with Crippen LogP contribution < -0.4 is 11.2 Å². The van der Waals surface area contributed by atoms with Gasteiger partial charge in [-0.15, -0.1) is 0 Å². The van der Waals surface area contributed by atoms with Crippen molar-refractivity contribution in [2.24, 2.45) is 0 Å². The highest BCUT2D eigenvalue weighted by Crippen LogP contribution is 2.18. The topological polar surface area (TPSA) is 107 Å². The summed E-state index contributed by atoms with van der Waals surface area (Å²) in [6.45, 7) is 0.164. The number of rotatable bonds is 5. The molecule has 0 radical (unpaired) electrons. The summed E-state index contributed by atoms with van der Waals surface area (Å²) >= 11 is 0. The van der Waals surface area contributed by atoms with Crippen LogP contribution in [0.2, 0.25) is 0 Å².